The number of alkyl halides is 8. The molecule has 0 aliphatic rings. The van der Waals surface area contributed by atoms with Gasteiger partial charge in [-0.3, -0.25) is 9.36 Å². The standard InChI is InChI=1S/C14H8F8N2O3/c15-12(16,14(20,21)22)6-23-9(25)5-10(26)24(11(23)27)8-3-1-7(2-4-8)13(17,18)19/h1-5,25H,6H2. The van der Waals surface area contributed by atoms with Crippen molar-refractivity contribution in [2.24, 2.45) is 0 Å². The van der Waals surface area contributed by atoms with E-state index in [0.29, 0.717) is 24.3 Å². The average Bonchev–Trinajstić information content (AvgIpc) is 2.50. The Balaban J connectivity index is 2.60. The number of benzene rings is 1. The van der Waals surface area contributed by atoms with Crippen LogP contribution in [0.25, 0.3) is 5.69 Å². The first-order chi connectivity index (χ1) is 12.1. The van der Waals surface area contributed by atoms with Crippen LogP contribution in [0, 0.1) is 0 Å². The molecular weight excluding hydrogens is 396 g/mol. The average molecular weight is 404 g/mol. The lowest BCUT2D eigenvalue weighted by Gasteiger charge is -2.21. The smallest absolute Gasteiger partial charge is 0.455 e. The second-order valence-corrected chi connectivity index (χ2v) is 5.29. The molecule has 0 aliphatic heterocycles. The minimum atomic E-state index is -6.05. The predicted octanol–water partition coefficient (Wildman–Crippen LogP) is 2.92. The fraction of sp³-hybridized carbons (Fsp3) is 0.286. The molecule has 5 nitrogen and oxygen atoms in total. The van der Waals surface area contributed by atoms with Gasteiger partial charge >= 0.3 is 24.0 Å². The Labute approximate surface area is 143 Å². The van der Waals surface area contributed by atoms with Crippen molar-refractivity contribution in [1.29, 1.82) is 0 Å². The van der Waals surface area contributed by atoms with E-state index >= 15 is 0 Å². The van der Waals surface area contributed by atoms with Crippen LogP contribution in [0.2, 0.25) is 0 Å². The molecule has 0 aliphatic carbocycles. The van der Waals surface area contributed by atoms with E-state index in [2.05, 4.69) is 0 Å². The van der Waals surface area contributed by atoms with Gasteiger partial charge in [-0.2, -0.15) is 35.1 Å². The van der Waals surface area contributed by atoms with E-state index in [1.165, 1.54) is 0 Å². The highest BCUT2D eigenvalue weighted by Crippen LogP contribution is 2.37. The summed E-state index contributed by atoms with van der Waals surface area (Å²) < 4.78 is 101. The molecule has 27 heavy (non-hydrogen) atoms. The van der Waals surface area contributed by atoms with E-state index in [1.807, 2.05) is 0 Å². The zero-order chi connectivity index (χ0) is 20.8. The summed E-state index contributed by atoms with van der Waals surface area (Å²) in [7, 11) is 0. The van der Waals surface area contributed by atoms with Gasteiger partial charge in [-0.15, -0.1) is 0 Å². The molecule has 13 heteroatoms. The van der Waals surface area contributed by atoms with Crippen LogP contribution < -0.4 is 11.2 Å². The molecule has 148 valence electrons. The van der Waals surface area contributed by atoms with Gasteiger partial charge < -0.3 is 5.11 Å². The molecular formula is C14H8F8N2O3. The van der Waals surface area contributed by atoms with Crippen molar-refractivity contribution in [1.82, 2.24) is 9.13 Å². The summed E-state index contributed by atoms with van der Waals surface area (Å²) in [6.45, 7) is -2.33. The van der Waals surface area contributed by atoms with Gasteiger partial charge in [-0.05, 0) is 24.3 Å². The monoisotopic (exact) mass is 404 g/mol. The Morgan fingerprint density at radius 1 is 0.889 bits per heavy atom. The van der Waals surface area contributed by atoms with E-state index in [9.17, 15) is 49.8 Å². The van der Waals surface area contributed by atoms with Gasteiger partial charge in [0.2, 0.25) is 5.88 Å². The molecule has 1 heterocycles. The van der Waals surface area contributed by atoms with Crippen molar-refractivity contribution in [3.8, 4) is 11.6 Å². The first-order valence-corrected chi connectivity index (χ1v) is 6.83. The van der Waals surface area contributed by atoms with E-state index in [0.717, 1.165) is 0 Å². The van der Waals surface area contributed by atoms with E-state index in [4.69, 9.17) is 0 Å². The maximum Gasteiger partial charge on any atom is 0.455 e. The number of rotatable bonds is 3. The summed E-state index contributed by atoms with van der Waals surface area (Å²) in [6.07, 6.45) is -10.8. The van der Waals surface area contributed by atoms with Gasteiger partial charge in [0.1, 0.15) is 6.54 Å². The highest BCUT2D eigenvalue weighted by molar-refractivity contribution is 5.36. The van der Waals surface area contributed by atoms with Gasteiger partial charge in [0.15, 0.2) is 0 Å². The van der Waals surface area contributed by atoms with Crippen molar-refractivity contribution >= 4 is 0 Å². The third-order valence-electron chi connectivity index (χ3n) is 3.40. The Morgan fingerprint density at radius 2 is 1.41 bits per heavy atom. The Kier molecular flexibility index (Phi) is 4.84. The van der Waals surface area contributed by atoms with Crippen molar-refractivity contribution in [2.75, 3.05) is 0 Å². The van der Waals surface area contributed by atoms with Crippen molar-refractivity contribution in [3.05, 3.63) is 56.7 Å². The fourth-order valence-corrected chi connectivity index (χ4v) is 2.04. The number of nitrogens with zero attached hydrogens (tertiary/aromatic N) is 2. The Bertz CT molecular complexity index is 955. The highest BCUT2D eigenvalue weighted by atomic mass is 19.4. The van der Waals surface area contributed by atoms with Crippen molar-refractivity contribution in [3.63, 3.8) is 0 Å². The largest absolute Gasteiger partial charge is 0.494 e. The zero-order valence-electron chi connectivity index (χ0n) is 12.8. The predicted molar refractivity (Wildman–Crippen MR) is 74.0 cm³/mol. The van der Waals surface area contributed by atoms with Crippen molar-refractivity contribution < 1.29 is 40.2 Å². The van der Waals surface area contributed by atoms with Crippen LogP contribution in [0.15, 0.2) is 39.9 Å². The molecule has 1 aromatic heterocycles. The lowest BCUT2D eigenvalue weighted by molar-refractivity contribution is -0.287. The topological polar surface area (TPSA) is 64.2 Å². The molecule has 2 aromatic rings. The van der Waals surface area contributed by atoms with Gasteiger partial charge in [0.25, 0.3) is 5.56 Å². The van der Waals surface area contributed by atoms with E-state index < -0.39 is 57.8 Å². The number of aromatic hydroxyl groups is 1. The summed E-state index contributed by atoms with van der Waals surface area (Å²) in [5.41, 5.74) is -4.81. The molecule has 0 bridgehead atoms. The second kappa shape index (κ2) is 6.39. The van der Waals surface area contributed by atoms with Gasteiger partial charge in [0, 0.05) is 0 Å². The molecule has 0 fully saturated rings. The van der Waals surface area contributed by atoms with E-state index in [1.54, 1.807) is 0 Å². The van der Waals surface area contributed by atoms with Crippen LogP contribution in [0.4, 0.5) is 35.1 Å². The SMILES string of the molecule is O=c1cc(O)n(CC(F)(F)C(F)(F)F)c(=O)n1-c1ccc(C(F)(F)F)cc1. The Morgan fingerprint density at radius 3 is 1.85 bits per heavy atom. The zero-order valence-corrected chi connectivity index (χ0v) is 12.8. The summed E-state index contributed by atoms with van der Waals surface area (Å²) in [5.74, 6) is -6.88. The molecule has 0 amide bonds. The van der Waals surface area contributed by atoms with Crippen LogP contribution in [0.5, 0.6) is 5.88 Å². The molecule has 0 unspecified atom stereocenters. The minimum absolute atomic E-state index is 0.0479. The molecule has 0 atom stereocenters. The first-order valence-electron chi connectivity index (χ1n) is 6.83. The molecule has 0 radical (unpaired) electrons. The maximum absolute atomic E-state index is 13.2. The molecule has 1 aromatic carbocycles. The molecule has 0 spiro atoms. The summed E-state index contributed by atoms with van der Waals surface area (Å²) in [5, 5.41) is 9.42. The van der Waals surface area contributed by atoms with Crippen LogP contribution in [-0.4, -0.2) is 26.3 Å². The summed E-state index contributed by atoms with van der Waals surface area (Å²) in [6, 6.07) is 2.43. The van der Waals surface area contributed by atoms with Gasteiger partial charge in [-0.25, -0.2) is 9.36 Å². The maximum atomic E-state index is 13.2. The third kappa shape index (κ3) is 3.95. The third-order valence-corrected chi connectivity index (χ3v) is 3.40. The summed E-state index contributed by atoms with van der Waals surface area (Å²) in [4.78, 5) is 24.0. The second-order valence-electron chi connectivity index (χ2n) is 5.29. The van der Waals surface area contributed by atoms with Crippen LogP contribution in [0.1, 0.15) is 5.56 Å². The molecule has 0 saturated carbocycles. The van der Waals surface area contributed by atoms with Crippen LogP contribution in [-0.2, 0) is 12.7 Å². The minimum Gasteiger partial charge on any atom is -0.494 e. The Hall–Kier alpha value is -2.86. The van der Waals surface area contributed by atoms with Crippen molar-refractivity contribution in [2.45, 2.75) is 24.8 Å². The van der Waals surface area contributed by atoms with Crippen LogP contribution >= 0.6 is 0 Å². The quantitative estimate of drug-likeness (QED) is 0.801. The highest BCUT2D eigenvalue weighted by Gasteiger charge is 2.58. The van der Waals surface area contributed by atoms with Gasteiger partial charge in [-0.1, -0.05) is 0 Å². The normalized spacial score (nSPS) is 13.0. The van der Waals surface area contributed by atoms with Crippen LogP contribution in [0.3, 0.4) is 0 Å². The van der Waals surface area contributed by atoms with Gasteiger partial charge in [0.05, 0.1) is 17.3 Å². The lowest BCUT2D eigenvalue weighted by atomic mass is 10.2. The summed E-state index contributed by atoms with van der Waals surface area (Å²) >= 11 is 0. The first kappa shape index (κ1) is 20.5. The number of aromatic nitrogens is 2. The van der Waals surface area contributed by atoms with E-state index in [-0.39, 0.29) is 10.6 Å². The molecule has 1 N–H and O–H groups in total. The molecule has 0 saturated heterocycles. The number of hydrogen-bond donors (Lipinski definition) is 1. The number of halogens is 8. The number of hydrogen-bond acceptors (Lipinski definition) is 3. The molecule has 2 rings (SSSR count). The lowest BCUT2D eigenvalue weighted by Crippen LogP contribution is -2.46. The fourth-order valence-electron chi connectivity index (χ4n) is 2.04.